The van der Waals surface area contributed by atoms with Gasteiger partial charge in [0.05, 0.1) is 32.5 Å². The molecule has 0 radical (unpaired) electrons. The zero-order valence-electron chi connectivity index (χ0n) is 13.5. The molecule has 1 aromatic heterocycles. The van der Waals surface area contributed by atoms with Crippen LogP contribution >= 0.6 is 23.2 Å². The number of hydrogen-bond donors (Lipinski definition) is 1. The second-order valence-electron chi connectivity index (χ2n) is 5.50. The fourth-order valence-corrected chi connectivity index (χ4v) is 3.43. The van der Waals surface area contributed by atoms with Crippen molar-refractivity contribution >= 4 is 44.6 Å². The van der Waals surface area contributed by atoms with E-state index in [0.717, 1.165) is 6.26 Å². The Kier molecular flexibility index (Phi) is 5.04. The van der Waals surface area contributed by atoms with Gasteiger partial charge in [-0.15, -0.1) is 0 Å². The van der Waals surface area contributed by atoms with Crippen molar-refractivity contribution in [3.63, 3.8) is 0 Å². The fraction of sp³-hybridized carbons (Fsp3) is 0.0588. The Morgan fingerprint density at radius 2 is 1.88 bits per heavy atom. The summed E-state index contributed by atoms with van der Waals surface area (Å²) in [4.78, 5) is 16.5. The van der Waals surface area contributed by atoms with E-state index in [1.807, 2.05) is 0 Å². The summed E-state index contributed by atoms with van der Waals surface area (Å²) in [6.45, 7) is 0. The molecule has 0 saturated carbocycles. The minimum Gasteiger partial charge on any atom is -0.322 e. The molecule has 26 heavy (non-hydrogen) atoms. The molecule has 134 valence electrons. The van der Waals surface area contributed by atoms with Crippen LogP contribution in [-0.4, -0.2) is 30.1 Å². The van der Waals surface area contributed by atoms with E-state index in [9.17, 15) is 13.2 Å². The first kappa shape index (κ1) is 18.4. The van der Waals surface area contributed by atoms with Crippen LogP contribution in [0.2, 0.25) is 10.0 Å². The molecule has 0 aliphatic heterocycles. The van der Waals surface area contributed by atoms with Crippen molar-refractivity contribution in [2.45, 2.75) is 4.90 Å². The van der Waals surface area contributed by atoms with E-state index in [2.05, 4.69) is 10.3 Å². The van der Waals surface area contributed by atoms with Crippen LogP contribution in [0.5, 0.6) is 0 Å². The van der Waals surface area contributed by atoms with Gasteiger partial charge < -0.3 is 9.88 Å². The first-order valence-corrected chi connectivity index (χ1v) is 9.99. The van der Waals surface area contributed by atoms with Gasteiger partial charge in [-0.05, 0) is 36.4 Å². The van der Waals surface area contributed by atoms with Crippen molar-refractivity contribution in [1.82, 2.24) is 9.55 Å². The molecule has 1 heterocycles. The maximum absolute atomic E-state index is 12.5. The molecule has 6 nitrogen and oxygen atoms in total. The smallest absolute Gasteiger partial charge is 0.257 e. The summed E-state index contributed by atoms with van der Waals surface area (Å²) in [5.74, 6) is -0.535. The zero-order valence-corrected chi connectivity index (χ0v) is 15.8. The molecule has 9 heteroatoms. The van der Waals surface area contributed by atoms with Gasteiger partial charge in [-0.2, -0.15) is 0 Å². The first-order valence-electron chi connectivity index (χ1n) is 7.34. The number of aromatic nitrogens is 2. The van der Waals surface area contributed by atoms with Gasteiger partial charge in [-0.3, -0.25) is 4.79 Å². The highest BCUT2D eigenvalue weighted by atomic mass is 35.5. The Bertz CT molecular complexity index is 1080. The van der Waals surface area contributed by atoms with Crippen molar-refractivity contribution < 1.29 is 13.2 Å². The summed E-state index contributed by atoms with van der Waals surface area (Å²) >= 11 is 12.3. The number of imidazole rings is 1. The fourth-order valence-electron chi connectivity index (χ4n) is 2.30. The van der Waals surface area contributed by atoms with Gasteiger partial charge in [0, 0.05) is 24.3 Å². The Morgan fingerprint density at radius 3 is 2.50 bits per heavy atom. The summed E-state index contributed by atoms with van der Waals surface area (Å²) < 4.78 is 25.1. The number of hydrogen-bond acceptors (Lipinski definition) is 4. The Balaban J connectivity index is 1.88. The van der Waals surface area contributed by atoms with E-state index >= 15 is 0 Å². The molecular weight excluding hydrogens is 397 g/mol. The van der Waals surface area contributed by atoms with Gasteiger partial charge in [-0.1, -0.05) is 23.2 Å². The third kappa shape index (κ3) is 3.90. The molecule has 1 amide bonds. The van der Waals surface area contributed by atoms with Crippen molar-refractivity contribution in [2.24, 2.45) is 0 Å². The standard InChI is InChI=1S/C17H13Cl2N3O3S/c1-26(24,25)12-3-4-14(18)13(9-12)17(23)21-11-2-5-16(15(19)8-11)22-7-6-20-10-22/h2-10H,1H3,(H,21,23). The highest BCUT2D eigenvalue weighted by Crippen LogP contribution is 2.26. The van der Waals surface area contributed by atoms with Crippen LogP contribution in [0, 0.1) is 0 Å². The molecule has 0 aliphatic carbocycles. The molecule has 0 aliphatic rings. The molecule has 0 saturated heterocycles. The number of carbonyl (C=O) groups is 1. The molecule has 0 spiro atoms. The van der Waals surface area contributed by atoms with Crippen LogP contribution in [0.1, 0.15) is 10.4 Å². The third-order valence-electron chi connectivity index (χ3n) is 3.60. The molecule has 0 unspecified atom stereocenters. The van der Waals surface area contributed by atoms with Crippen molar-refractivity contribution in [3.05, 3.63) is 70.7 Å². The second kappa shape index (κ2) is 7.11. The van der Waals surface area contributed by atoms with Gasteiger partial charge in [0.1, 0.15) is 0 Å². The number of halogens is 2. The zero-order chi connectivity index (χ0) is 18.9. The van der Waals surface area contributed by atoms with Crippen LogP contribution < -0.4 is 5.32 Å². The highest BCUT2D eigenvalue weighted by molar-refractivity contribution is 7.90. The lowest BCUT2D eigenvalue weighted by Gasteiger charge is -2.11. The second-order valence-corrected chi connectivity index (χ2v) is 8.33. The van der Waals surface area contributed by atoms with E-state index in [0.29, 0.717) is 16.4 Å². The number of benzene rings is 2. The molecule has 0 bridgehead atoms. The minimum atomic E-state index is -3.45. The summed E-state index contributed by atoms with van der Waals surface area (Å²) in [7, 11) is -3.45. The van der Waals surface area contributed by atoms with Crippen LogP contribution in [0.3, 0.4) is 0 Å². The van der Waals surface area contributed by atoms with Gasteiger partial charge in [0.2, 0.25) is 0 Å². The van der Waals surface area contributed by atoms with Gasteiger partial charge >= 0.3 is 0 Å². The number of nitrogens with one attached hydrogen (secondary N) is 1. The molecule has 3 aromatic rings. The molecule has 2 aromatic carbocycles. The topological polar surface area (TPSA) is 81.1 Å². The molecule has 0 atom stereocenters. The van der Waals surface area contributed by atoms with E-state index < -0.39 is 15.7 Å². The lowest BCUT2D eigenvalue weighted by molar-refractivity contribution is 0.102. The average Bonchev–Trinajstić information content (AvgIpc) is 3.08. The quantitative estimate of drug-likeness (QED) is 0.709. The van der Waals surface area contributed by atoms with E-state index in [1.54, 1.807) is 41.5 Å². The summed E-state index contributed by atoms with van der Waals surface area (Å²) in [6.07, 6.45) is 6.04. The number of carbonyl (C=O) groups excluding carboxylic acids is 1. The normalized spacial score (nSPS) is 11.3. The number of nitrogens with zero attached hydrogens (tertiary/aromatic N) is 2. The maximum Gasteiger partial charge on any atom is 0.257 e. The molecular formula is C17H13Cl2N3O3S. The minimum absolute atomic E-state index is 0.0144. The van der Waals surface area contributed by atoms with E-state index in [4.69, 9.17) is 23.2 Å². The number of amides is 1. The van der Waals surface area contributed by atoms with Gasteiger partial charge in [0.15, 0.2) is 9.84 Å². The Hall–Kier alpha value is -2.35. The van der Waals surface area contributed by atoms with Crippen molar-refractivity contribution in [3.8, 4) is 5.69 Å². The maximum atomic E-state index is 12.5. The highest BCUT2D eigenvalue weighted by Gasteiger charge is 2.16. The molecule has 1 N–H and O–H groups in total. The van der Waals surface area contributed by atoms with Crippen LogP contribution in [0.4, 0.5) is 5.69 Å². The number of anilines is 1. The summed E-state index contributed by atoms with van der Waals surface area (Å²) in [6, 6.07) is 8.96. The molecule has 3 rings (SSSR count). The lowest BCUT2D eigenvalue weighted by Crippen LogP contribution is -2.13. The Labute approximate surface area is 160 Å². The largest absolute Gasteiger partial charge is 0.322 e. The number of rotatable bonds is 4. The third-order valence-corrected chi connectivity index (χ3v) is 5.34. The van der Waals surface area contributed by atoms with Gasteiger partial charge in [0.25, 0.3) is 5.91 Å². The van der Waals surface area contributed by atoms with E-state index in [-0.39, 0.29) is 15.5 Å². The first-order chi connectivity index (χ1) is 12.3. The number of sulfone groups is 1. The van der Waals surface area contributed by atoms with Gasteiger partial charge in [-0.25, -0.2) is 13.4 Å². The monoisotopic (exact) mass is 409 g/mol. The van der Waals surface area contributed by atoms with Crippen molar-refractivity contribution in [1.29, 1.82) is 0 Å². The van der Waals surface area contributed by atoms with E-state index in [1.165, 1.54) is 18.2 Å². The average molecular weight is 410 g/mol. The van der Waals surface area contributed by atoms with Crippen LogP contribution in [0.15, 0.2) is 60.0 Å². The van der Waals surface area contributed by atoms with Crippen LogP contribution in [0.25, 0.3) is 5.69 Å². The Morgan fingerprint density at radius 1 is 1.12 bits per heavy atom. The summed E-state index contributed by atoms with van der Waals surface area (Å²) in [5, 5.41) is 3.23. The summed E-state index contributed by atoms with van der Waals surface area (Å²) in [5.41, 5.74) is 1.22. The molecule has 0 fully saturated rings. The van der Waals surface area contributed by atoms with Crippen LogP contribution in [-0.2, 0) is 9.84 Å². The predicted octanol–water partition coefficient (Wildman–Crippen LogP) is 3.83. The SMILES string of the molecule is CS(=O)(=O)c1ccc(Cl)c(C(=O)Nc2ccc(-n3ccnc3)c(Cl)c2)c1. The lowest BCUT2D eigenvalue weighted by atomic mass is 10.2. The van der Waals surface area contributed by atoms with Crippen molar-refractivity contribution in [2.75, 3.05) is 11.6 Å². The predicted molar refractivity (Wildman–Crippen MR) is 101 cm³/mol.